The Kier molecular flexibility index (Phi) is 6.92. The molecule has 0 saturated carbocycles. The van der Waals surface area contributed by atoms with E-state index in [4.69, 9.17) is 9.47 Å². The summed E-state index contributed by atoms with van der Waals surface area (Å²) in [5.74, 6) is 1.11. The molecule has 0 bridgehead atoms. The van der Waals surface area contributed by atoms with Gasteiger partial charge in [0, 0.05) is 38.3 Å². The molecule has 0 aliphatic carbocycles. The number of methoxy groups -OCH3 is 1. The molecule has 0 radical (unpaired) electrons. The van der Waals surface area contributed by atoms with E-state index in [1.807, 2.05) is 42.5 Å². The predicted molar refractivity (Wildman–Crippen MR) is 105 cm³/mol. The molecule has 2 aromatic rings. The van der Waals surface area contributed by atoms with Crippen LogP contribution >= 0.6 is 0 Å². The number of phenols is 1. The molecule has 1 unspecified atom stereocenters. The normalized spacial score (nSPS) is 16.3. The fraction of sp³-hybridized carbons (Fsp3) is 0.429. The van der Waals surface area contributed by atoms with Gasteiger partial charge in [0.15, 0.2) is 0 Å². The van der Waals surface area contributed by atoms with Crippen molar-refractivity contribution in [2.24, 2.45) is 0 Å². The van der Waals surface area contributed by atoms with Crippen LogP contribution in [-0.2, 0) is 11.3 Å². The van der Waals surface area contributed by atoms with E-state index < -0.39 is 6.10 Å². The topological polar surface area (TPSA) is 65.4 Å². The fourth-order valence-electron chi connectivity index (χ4n) is 3.38. The molecule has 146 valence electrons. The zero-order valence-electron chi connectivity index (χ0n) is 15.8. The first-order chi connectivity index (χ1) is 13.2. The van der Waals surface area contributed by atoms with Crippen LogP contribution in [0.3, 0.4) is 0 Å². The van der Waals surface area contributed by atoms with Gasteiger partial charge >= 0.3 is 0 Å². The van der Waals surface area contributed by atoms with Gasteiger partial charge in [-0.05, 0) is 18.2 Å². The summed E-state index contributed by atoms with van der Waals surface area (Å²) in [7, 11) is 1.64. The molecule has 0 aromatic heterocycles. The third kappa shape index (κ3) is 5.35. The van der Waals surface area contributed by atoms with E-state index in [-0.39, 0.29) is 6.61 Å². The van der Waals surface area contributed by atoms with E-state index in [9.17, 15) is 10.2 Å². The van der Waals surface area contributed by atoms with Crippen molar-refractivity contribution in [1.82, 2.24) is 4.90 Å². The standard InChI is InChI=1S/C21H28N2O4/c1-26-21-9-5-2-6-17(21)15-27-16-18(24)14-22-10-12-23(13-11-22)19-7-3-4-8-20(19)25/h2-9,18,24-25H,10-16H2,1H3. The highest BCUT2D eigenvalue weighted by atomic mass is 16.5. The summed E-state index contributed by atoms with van der Waals surface area (Å²) < 4.78 is 11.0. The van der Waals surface area contributed by atoms with Crippen molar-refractivity contribution in [3.8, 4) is 11.5 Å². The van der Waals surface area contributed by atoms with E-state index in [1.165, 1.54) is 0 Å². The molecule has 1 saturated heterocycles. The quantitative estimate of drug-likeness (QED) is 0.740. The van der Waals surface area contributed by atoms with Gasteiger partial charge < -0.3 is 24.6 Å². The van der Waals surface area contributed by atoms with Gasteiger partial charge in [-0.15, -0.1) is 0 Å². The van der Waals surface area contributed by atoms with Crippen LogP contribution in [0.5, 0.6) is 11.5 Å². The summed E-state index contributed by atoms with van der Waals surface area (Å²) in [5, 5.41) is 20.3. The Labute approximate surface area is 160 Å². The first-order valence-corrected chi connectivity index (χ1v) is 9.30. The molecule has 1 aliphatic heterocycles. The number of benzene rings is 2. The van der Waals surface area contributed by atoms with Crippen LogP contribution in [0.4, 0.5) is 5.69 Å². The average Bonchev–Trinajstić information content (AvgIpc) is 2.69. The summed E-state index contributed by atoms with van der Waals surface area (Å²) in [5.41, 5.74) is 1.85. The number of aromatic hydroxyl groups is 1. The largest absolute Gasteiger partial charge is 0.506 e. The SMILES string of the molecule is COc1ccccc1COCC(O)CN1CCN(c2ccccc2O)CC1. The summed E-state index contributed by atoms with van der Waals surface area (Å²) in [4.78, 5) is 4.41. The van der Waals surface area contributed by atoms with Crippen LogP contribution in [0.25, 0.3) is 0 Å². The van der Waals surface area contributed by atoms with Crippen molar-refractivity contribution < 1.29 is 19.7 Å². The van der Waals surface area contributed by atoms with Crippen molar-refractivity contribution in [2.75, 3.05) is 51.3 Å². The maximum absolute atomic E-state index is 10.3. The zero-order valence-corrected chi connectivity index (χ0v) is 15.8. The number of piperazine rings is 1. The van der Waals surface area contributed by atoms with Gasteiger partial charge in [0.05, 0.1) is 32.1 Å². The lowest BCUT2D eigenvalue weighted by atomic mass is 10.2. The second kappa shape index (κ2) is 9.60. The number of phenolic OH excluding ortho intramolecular Hbond substituents is 1. The molecule has 1 heterocycles. The van der Waals surface area contributed by atoms with E-state index in [0.29, 0.717) is 18.9 Å². The molecule has 0 spiro atoms. The van der Waals surface area contributed by atoms with E-state index in [2.05, 4.69) is 9.80 Å². The molecule has 1 atom stereocenters. The molecule has 6 heteroatoms. The van der Waals surface area contributed by atoms with E-state index in [0.717, 1.165) is 43.2 Å². The lowest BCUT2D eigenvalue weighted by Crippen LogP contribution is -2.49. The first-order valence-electron chi connectivity index (χ1n) is 9.30. The second-order valence-electron chi connectivity index (χ2n) is 6.76. The van der Waals surface area contributed by atoms with Gasteiger partial charge in [-0.3, -0.25) is 4.90 Å². The minimum absolute atomic E-state index is 0.289. The fourth-order valence-corrected chi connectivity index (χ4v) is 3.38. The van der Waals surface area contributed by atoms with Crippen LogP contribution in [0.1, 0.15) is 5.56 Å². The number of para-hydroxylation sites is 3. The number of aliphatic hydroxyl groups is 1. The van der Waals surface area contributed by atoms with Gasteiger partial charge in [0.25, 0.3) is 0 Å². The number of rotatable bonds is 8. The van der Waals surface area contributed by atoms with E-state index in [1.54, 1.807) is 13.2 Å². The van der Waals surface area contributed by atoms with Crippen molar-refractivity contribution in [3.63, 3.8) is 0 Å². The Hall–Kier alpha value is -2.28. The number of nitrogens with zero attached hydrogens (tertiary/aromatic N) is 2. The summed E-state index contributed by atoms with van der Waals surface area (Å²) in [6, 6.07) is 15.1. The van der Waals surface area contributed by atoms with E-state index >= 15 is 0 Å². The minimum Gasteiger partial charge on any atom is -0.506 e. The highest BCUT2D eigenvalue weighted by Crippen LogP contribution is 2.27. The highest BCUT2D eigenvalue weighted by molar-refractivity contribution is 5.57. The number of hydrogen-bond donors (Lipinski definition) is 2. The zero-order chi connectivity index (χ0) is 19.1. The Bertz CT molecular complexity index is 717. The Morgan fingerprint density at radius 1 is 1.00 bits per heavy atom. The number of β-amino-alcohol motifs (C(OH)–C–C–N with tert-alkyl or cyclic N) is 1. The monoisotopic (exact) mass is 372 g/mol. The minimum atomic E-state index is -0.531. The molecule has 2 N–H and O–H groups in total. The number of hydrogen-bond acceptors (Lipinski definition) is 6. The summed E-state index contributed by atoms with van der Waals surface area (Å²) in [6.45, 7) is 4.63. The molecular formula is C21H28N2O4. The van der Waals surface area contributed by atoms with Crippen molar-refractivity contribution in [3.05, 3.63) is 54.1 Å². The molecule has 1 aliphatic rings. The second-order valence-corrected chi connectivity index (χ2v) is 6.76. The van der Waals surface area contributed by atoms with Crippen molar-refractivity contribution in [2.45, 2.75) is 12.7 Å². The van der Waals surface area contributed by atoms with Crippen molar-refractivity contribution in [1.29, 1.82) is 0 Å². The maximum atomic E-state index is 10.3. The smallest absolute Gasteiger partial charge is 0.138 e. The Morgan fingerprint density at radius 2 is 1.70 bits per heavy atom. The van der Waals surface area contributed by atoms with Crippen LogP contribution in [0.15, 0.2) is 48.5 Å². The molecule has 27 heavy (non-hydrogen) atoms. The van der Waals surface area contributed by atoms with Gasteiger partial charge in [-0.25, -0.2) is 0 Å². The third-order valence-electron chi connectivity index (χ3n) is 4.82. The lowest BCUT2D eigenvalue weighted by Gasteiger charge is -2.37. The number of ether oxygens (including phenoxy) is 2. The van der Waals surface area contributed by atoms with Crippen LogP contribution in [0, 0.1) is 0 Å². The number of anilines is 1. The molecule has 6 nitrogen and oxygen atoms in total. The maximum Gasteiger partial charge on any atom is 0.138 e. The lowest BCUT2D eigenvalue weighted by molar-refractivity contribution is 0.00865. The highest BCUT2D eigenvalue weighted by Gasteiger charge is 2.21. The summed E-state index contributed by atoms with van der Waals surface area (Å²) in [6.07, 6.45) is -0.531. The van der Waals surface area contributed by atoms with Gasteiger partial charge in [-0.1, -0.05) is 30.3 Å². The Morgan fingerprint density at radius 3 is 2.44 bits per heavy atom. The third-order valence-corrected chi connectivity index (χ3v) is 4.82. The van der Waals surface area contributed by atoms with Crippen molar-refractivity contribution >= 4 is 5.69 Å². The molecular weight excluding hydrogens is 344 g/mol. The summed E-state index contributed by atoms with van der Waals surface area (Å²) >= 11 is 0. The van der Waals surface area contributed by atoms with Crippen LogP contribution < -0.4 is 9.64 Å². The predicted octanol–water partition coefficient (Wildman–Crippen LogP) is 2.10. The molecule has 3 rings (SSSR count). The molecule has 2 aromatic carbocycles. The number of aliphatic hydroxyl groups excluding tert-OH is 1. The van der Waals surface area contributed by atoms with Gasteiger partial charge in [-0.2, -0.15) is 0 Å². The molecule has 0 amide bonds. The average molecular weight is 372 g/mol. The Balaban J connectivity index is 1.39. The van der Waals surface area contributed by atoms with Crippen LogP contribution in [0.2, 0.25) is 0 Å². The van der Waals surface area contributed by atoms with Gasteiger partial charge in [0.2, 0.25) is 0 Å². The van der Waals surface area contributed by atoms with Crippen LogP contribution in [-0.4, -0.2) is 67.7 Å². The van der Waals surface area contributed by atoms with Gasteiger partial charge in [0.1, 0.15) is 11.5 Å². The first kappa shape index (κ1) is 19.5. The molecule has 1 fully saturated rings.